The Morgan fingerprint density at radius 3 is 2.38 bits per heavy atom. The van der Waals surface area contributed by atoms with Crippen molar-refractivity contribution in [2.24, 2.45) is 5.92 Å². The van der Waals surface area contributed by atoms with Crippen LogP contribution in [0.2, 0.25) is 0 Å². The minimum Gasteiger partial charge on any atom is -0.344 e. The SMILES string of the molecule is CCn1nc(C(=O)NC(c2ccccc2)C2CCCCC2)c2ccccc2c1=O. The molecule has 1 unspecified atom stereocenters. The standard InChI is InChI=1S/C24H27N3O2/c1-2-27-24(29)20-16-10-9-15-19(20)22(26-27)23(28)25-21(17-11-5-3-6-12-17)18-13-7-4-8-14-18/h3,5-6,9-12,15-16,18,21H,2,4,7-8,13-14H2,1H3,(H,25,28). The van der Waals surface area contributed by atoms with Gasteiger partial charge in [0.25, 0.3) is 11.5 Å². The number of benzene rings is 2. The summed E-state index contributed by atoms with van der Waals surface area (Å²) in [5.74, 6) is 0.196. The van der Waals surface area contributed by atoms with E-state index >= 15 is 0 Å². The largest absolute Gasteiger partial charge is 0.344 e. The molecule has 1 aliphatic rings. The number of aryl methyl sites for hydroxylation is 1. The maximum absolute atomic E-state index is 13.4. The van der Waals surface area contributed by atoms with Crippen LogP contribution in [-0.2, 0) is 6.54 Å². The molecule has 0 radical (unpaired) electrons. The molecule has 1 atom stereocenters. The van der Waals surface area contributed by atoms with Crippen molar-refractivity contribution in [1.29, 1.82) is 0 Å². The topological polar surface area (TPSA) is 64.0 Å². The van der Waals surface area contributed by atoms with E-state index in [2.05, 4.69) is 22.5 Å². The molecular weight excluding hydrogens is 362 g/mol. The van der Waals surface area contributed by atoms with Gasteiger partial charge in [-0.1, -0.05) is 67.8 Å². The van der Waals surface area contributed by atoms with Gasteiger partial charge >= 0.3 is 0 Å². The number of carbonyl (C=O) groups excluding carboxylic acids is 1. The Morgan fingerprint density at radius 1 is 1.03 bits per heavy atom. The zero-order valence-electron chi connectivity index (χ0n) is 16.8. The predicted octanol–water partition coefficient (Wildman–Crippen LogP) is 4.47. The molecule has 0 aliphatic heterocycles. The lowest BCUT2D eigenvalue weighted by molar-refractivity contribution is 0.0907. The van der Waals surface area contributed by atoms with E-state index in [-0.39, 0.29) is 17.5 Å². The lowest BCUT2D eigenvalue weighted by Crippen LogP contribution is -2.36. The average molecular weight is 389 g/mol. The highest BCUT2D eigenvalue weighted by atomic mass is 16.2. The highest BCUT2D eigenvalue weighted by Crippen LogP contribution is 2.34. The molecule has 1 aliphatic carbocycles. The number of nitrogens with zero attached hydrogens (tertiary/aromatic N) is 2. The van der Waals surface area contributed by atoms with Crippen LogP contribution < -0.4 is 10.9 Å². The highest BCUT2D eigenvalue weighted by molar-refractivity contribution is 6.04. The smallest absolute Gasteiger partial charge is 0.274 e. The Balaban J connectivity index is 1.73. The molecule has 1 N–H and O–H groups in total. The maximum atomic E-state index is 13.4. The van der Waals surface area contributed by atoms with Crippen LogP contribution in [0.4, 0.5) is 0 Å². The van der Waals surface area contributed by atoms with Crippen LogP contribution >= 0.6 is 0 Å². The molecule has 1 saturated carbocycles. The van der Waals surface area contributed by atoms with Crippen molar-refractivity contribution in [1.82, 2.24) is 15.1 Å². The molecule has 1 aromatic heterocycles. The average Bonchev–Trinajstić information content (AvgIpc) is 2.79. The Bertz CT molecular complexity index is 1050. The summed E-state index contributed by atoms with van der Waals surface area (Å²) < 4.78 is 1.37. The maximum Gasteiger partial charge on any atom is 0.274 e. The van der Waals surface area contributed by atoms with E-state index < -0.39 is 0 Å². The van der Waals surface area contributed by atoms with Crippen LogP contribution in [0.15, 0.2) is 59.4 Å². The van der Waals surface area contributed by atoms with Gasteiger partial charge in [0.1, 0.15) is 0 Å². The zero-order chi connectivity index (χ0) is 20.2. The van der Waals surface area contributed by atoms with Gasteiger partial charge < -0.3 is 5.32 Å². The Morgan fingerprint density at radius 2 is 1.69 bits per heavy atom. The minimum absolute atomic E-state index is 0.0495. The van der Waals surface area contributed by atoms with Crippen molar-refractivity contribution in [2.45, 2.75) is 51.6 Å². The fraction of sp³-hybridized carbons (Fsp3) is 0.375. The van der Waals surface area contributed by atoms with Gasteiger partial charge in [0.05, 0.1) is 11.4 Å². The first-order chi connectivity index (χ1) is 14.2. The van der Waals surface area contributed by atoms with Gasteiger partial charge in [0.2, 0.25) is 0 Å². The van der Waals surface area contributed by atoms with Crippen LogP contribution in [-0.4, -0.2) is 15.7 Å². The van der Waals surface area contributed by atoms with E-state index in [1.165, 1.54) is 23.9 Å². The summed E-state index contributed by atoms with van der Waals surface area (Å²) in [5, 5.41) is 8.81. The van der Waals surface area contributed by atoms with Crippen LogP contribution in [0.25, 0.3) is 10.8 Å². The molecule has 5 heteroatoms. The fourth-order valence-electron chi connectivity index (χ4n) is 4.43. The van der Waals surface area contributed by atoms with E-state index in [1.807, 2.05) is 37.3 Å². The number of hydrogen-bond acceptors (Lipinski definition) is 3. The quantitative estimate of drug-likeness (QED) is 0.700. The van der Waals surface area contributed by atoms with E-state index in [0.717, 1.165) is 18.4 Å². The molecule has 0 spiro atoms. The summed E-state index contributed by atoms with van der Waals surface area (Å²) in [4.78, 5) is 26.0. The molecule has 1 amide bonds. The number of nitrogens with one attached hydrogen (secondary N) is 1. The first kappa shape index (κ1) is 19.4. The second-order valence-corrected chi connectivity index (χ2v) is 7.78. The van der Waals surface area contributed by atoms with Crippen LogP contribution in [0.3, 0.4) is 0 Å². The van der Waals surface area contributed by atoms with Gasteiger partial charge in [-0.2, -0.15) is 5.10 Å². The number of rotatable bonds is 5. The molecule has 150 valence electrons. The van der Waals surface area contributed by atoms with E-state index in [1.54, 1.807) is 12.1 Å². The van der Waals surface area contributed by atoms with Crippen molar-refractivity contribution in [2.75, 3.05) is 0 Å². The third-order valence-corrected chi connectivity index (χ3v) is 5.95. The summed E-state index contributed by atoms with van der Waals surface area (Å²) in [7, 11) is 0. The molecule has 0 saturated heterocycles. The Hall–Kier alpha value is -2.95. The first-order valence-electron chi connectivity index (χ1n) is 10.5. The molecule has 5 nitrogen and oxygen atoms in total. The van der Waals surface area contributed by atoms with E-state index in [9.17, 15) is 9.59 Å². The molecule has 0 bridgehead atoms. The van der Waals surface area contributed by atoms with Gasteiger partial charge in [0, 0.05) is 11.9 Å². The molecule has 1 fully saturated rings. The minimum atomic E-state index is -0.220. The summed E-state index contributed by atoms with van der Waals surface area (Å²) in [6.45, 7) is 2.29. The third kappa shape index (κ3) is 3.95. The van der Waals surface area contributed by atoms with Crippen molar-refractivity contribution in [3.05, 3.63) is 76.2 Å². The van der Waals surface area contributed by atoms with Gasteiger partial charge in [-0.05, 0) is 37.3 Å². The molecule has 29 heavy (non-hydrogen) atoms. The van der Waals surface area contributed by atoms with Gasteiger partial charge in [-0.3, -0.25) is 9.59 Å². The third-order valence-electron chi connectivity index (χ3n) is 5.95. The Kier molecular flexibility index (Phi) is 5.74. The number of amides is 1. The lowest BCUT2D eigenvalue weighted by atomic mass is 9.81. The summed E-state index contributed by atoms with van der Waals surface area (Å²) in [6.07, 6.45) is 5.89. The zero-order valence-corrected chi connectivity index (χ0v) is 16.8. The number of hydrogen-bond donors (Lipinski definition) is 1. The number of aromatic nitrogens is 2. The fourth-order valence-corrected chi connectivity index (χ4v) is 4.43. The summed E-state index contributed by atoms with van der Waals surface area (Å²) >= 11 is 0. The van der Waals surface area contributed by atoms with Crippen LogP contribution in [0, 0.1) is 5.92 Å². The van der Waals surface area contributed by atoms with E-state index in [4.69, 9.17) is 0 Å². The molecule has 2 aromatic carbocycles. The second kappa shape index (κ2) is 8.60. The van der Waals surface area contributed by atoms with Gasteiger partial charge in [-0.25, -0.2) is 4.68 Å². The summed E-state index contributed by atoms with van der Waals surface area (Å²) in [5.41, 5.74) is 1.28. The van der Waals surface area contributed by atoms with E-state index in [0.29, 0.717) is 28.9 Å². The number of fused-ring (bicyclic) bond motifs is 1. The normalized spacial score (nSPS) is 15.9. The monoisotopic (exact) mass is 389 g/mol. The highest BCUT2D eigenvalue weighted by Gasteiger charge is 2.28. The van der Waals surface area contributed by atoms with Crippen molar-refractivity contribution >= 4 is 16.7 Å². The molecule has 3 aromatic rings. The van der Waals surface area contributed by atoms with Crippen molar-refractivity contribution in [3.8, 4) is 0 Å². The lowest BCUT2D eigenvalue weighted by Gasteiger charge is -2.31. The Labute approximate surface area is 170 Å². The molecule has 4 rings (SSSR count). The van der Waals surface area contributed by atoms with Crippen molar-refractivity contribution < 1.29 is 4.79 Å². The number of carbonyl (C=O) groups is 1. The van der Waals surface area contributed by atoms with Crippen LogP contribution in [0.5, 0.6) is 0 Å². The first-order valence-corrected chi connectivity index (χ1v) is 10.5. The van der Waals surface area contributed by atoms with Crippen LogP contribution in [0.1, 0.15) is 61.1 Å². The molecule has 1 heterocycles. The van der Waals surface area contributed by atoms with Gasteiger partial charge in [0.15, 0.2) is 5.69 Å². The van der Waals surface area contributed by atoms with Gasteiger partial charge in [-0.15, -0.1) is 0 Å². The predicted molar refractivity (Wildman–Crippen MR) is 115 cm³/mol. The summed E-state index contributed by atoms with van der Waals surface area (Å²) in [6, 6.07) is 17.4. The van der Waals surface area contributed by atoms with Crippen molar-refractivity contribution in [3.63, 3.8) is 0 Å². The second-order valence-electron chi connectivity index (χ2n) is 7.78. The molecular formula is C24H27N3O2.